The quantitative estimate of drug-likeness (QED) is 0.737. The Hall–Kier alpha value is -2.89. The summed E-state index contributed by atoms with van der Waals surface area (Å²) in [7, 11) is 0. The fraction of sp³-hybridized carbons (Fsp3) is 0.435. The summed E-state index contributed by atoms with van der Waals surface area (Å²) in [6, 6.07) is 12.3. The third-order valence-electron chi connectivity index (χ3n) is 6.27. The fourth-order valence-electron chi connectivity index (χ4n) is 5.12. The van der Waals surface area contributed by atoms with Gasteiger partial charge >= 0.3 is 6.03 Å². The van der Waals surface area contributed by atoms with Crippen LogP contribution in [0, 0.1) is 5.41 Å². The molecule has 5 rings (SSSR count). The summed E-state index contributed by atoms with van der Waals surface area (Å²) < 4.78 is 0. The van der Waals surface area contributed by atoms with Crippen molar-refractivity contribution in [2.45, 2.75) is 51.7 Å². The molecule has 0 aliphatic carbocycles. The molecule has 3 fully saturated rings. The monoisotopic (exact) mass is 391 g/mol. The second-order valence-corrected chi connectivity index (χ2v) is 9.55. The molecule has 4 amide bonds. The average Bonchev–Trinajstić information content (AvgIpc) is 3.32. The molecule has 0 radical (unpaired) electrons. The maximum atomic E-state index is 13.4. The first-order valence-corrected chi connectivity index (χ1v) is 10.2. The minimum absolute atomic E-state index is 0.0773. The summed E-state index contributed by atoms with van der Waals surface area (Å²) in [5.74, 6) is -0.138. The van der Waals surface area contributed by atoms with Gasteiger partial charge in [-0.2, -0.15) is 0 Å². The molecule has 2 aromatic rings. The molecule has 6 nitrogen and oxygen atoms in total. The van der Waals surface area contributed by atoms with E-state index < -0.39 is 6.04 Å². The van der Waals surface area contributed by atoms with Crippen LogP contribution in [0.15, 0.2) is 42.5 Å². The lowest BCUT2D eigenvalue weighted by Crippen LogP contribution is -2.55. The topological polar surface area (TPSA) is 60.9 Å². The van der Waals surface area contributed by atoms with Crippen LogP contribution in [0.1, 0.15) is 33.6 Å². The summed E-state index contributed by atoms with van der Waals surface area (Å²) in [6.45, 7) is 6.65. The molecule has 2 bridgehead atoms. The van der Waals surface area contributed by atoms with E-state index in [0.717, 1.165) is 10.8 Å². The lowest BCUT2D eigenvalue weighted by atomic mass is 9.91. The second-order valence-electron chi connectivity index (χ2n) is 9.55. The third-order valence-corrected chi connectivity index (χ3v) is 6.27. The Morgan fingerprint density at radius 2 is 1.79 bits per heavy atom. The predicted molar refractivity (Wildman–Crippen MR) is 110 cm³/mol. The molecule has 3 aliphatic rings. The van der Waals surface area contributed by atoms with Crippen molar-refractivity contribution in [1.29, 1.82) is 0 Å². The number of carbonyl (C=O) groups excluding carboxylic acids is 3. The highest BCUT2D eigenvalue weighted by molar-refractivity contribution is 6.25. The molecule has 2 aromatic carbocycles. The molecule has 0 saturated carbocycles. The summed E-state index contributed by atoms with van der Waals surface area (Å²) in [6.07, 6.45) is 1.14. The van der Waals surface area contributed by atoms with E-state index in [-0.39, 0.29) is 35.3 Å². The van der Waals surface area contributed by atoms with Crippen LogP contribution >= 0.6 is 0 Å². The van der Waals surface area contributed by atoms with E-state index in [0.29, 0.717) is 25.1 Å². The number of urea groups is 1. The van der Waals surface area contributed by atoms with Crippen LogP contribution < -0.4 is 4.90 Å². The Labute approximate surface area is 170 Å². The van der Waals surface area contributed by atoms with Crippen molar-refractivity contribution in [2.75, 3.05) is 11.4 Å². The van der Waals surface area contributed by atoms with Gasteiger partial charge in [0.25, 0.3) is 5.91 Å². The minimum atomic E-state index is -0.566. The number of rotatable bonds is 2. The number of fused-ring (bicyclic) bond motifs is 6. The number of amides is 4. The van der Waals surface area contributed by atoms with Gasteiger partial charge < -0.3 is 9.80 Å². The number of imide groups is 1. The number of piperazine rings is 1. The Bertz CT molecular complexity index is 1040. The van der Waals surface area contributed by atoms with Crippen molar-refractivity contribution in [3.63, 3.8) is 0 Å². The van der Waals surface area contributed by atoms with Gasteiger partial charge in [-0.15, -0.1) is 0 Å². The molecule has 3 heterocycles. The fourth-order valence-corrected chi connectivity index (χ4v) is 5.12. The Kier molecular flexibility index (Phi) is 3.79. The van der Waals surface area contributed by atoms with E-state index in [1.54, 1.807) is 4.90 Å². The van der Waals surface area contributed by atoms with E-state index >= 15 is 0 Å². The minimum Gasteiger partial charge on any atom is -0.335 e. The molecule has 29 heavy (non-hydrogen) atoms. The van der Waals surface area contributed by atoms with Crippen molar-refractivity contribution in [1.82, 2.24) is 9.80 Å². The smallest absolute Gasteiger partial charge is 0.332 e. The van der Waals surface area contributed by atoms with Gasteiger partial charge in [-0.3, -0.25) is 9.59 Å². The van der Waals surface area contributed by atoms with Crippen LogP contribution in [0.4, 0.5) is 10.5 Å². The first kappa shape index (κ1) is 18.2. The van der Waals surface area contributed by atoms with Crippen molar-refractivity contribution in [3.8, 4) is 0 Å². The zero-order valence-corrected chi connectivity index (χ0v) is 17.0. The van der Waals surface area contributed by atoms with E-state index in [4.69, 9.17) is 0 Å². The highest BCUT2D eigenvalue weighted by Gasteiger charge is 2.62. The maximum absolute atomic E-state index is 13.4. The third kappa shape index (κ3) is 2.65. The Balaban J connectivity index is 1.48. The van der Waals surface area contributed by atoms with Crippen LogP contribution in [0.2, 0.25) is 0 Å². The summed E-state index contributed by atoms with van der Waals surface area (Å²) >= 11 is 0. The highest BCUT2D eigenvalue weighted by atomic mass is 16.2. The number of likely N-dealkylation sites (tertiary alicyclic amines) is 1. The van der Waals surface area contributed by atoms with Crippen molar-refractivity contribution < 1.29 is 14.4 Å². The standard InChI is InChI=1S/C23H25N3O3/c1-23(2,3)12-19(27)24-13-15-11-18(24)20-21(28)26(22(29)25(15)20)17-10-6-8-14-7-4-5-9-16(14)17/h4-10,15,18,20H,11-13H2,1-3H3/t15?,18?,20-/m0/s1. The van der Waals surface area contributed by atoms with Crippen LogP contribution in [-0.4, -0.2) is 52.3 Å². The summed E-state index contributed by atoms with van der Waals surface area (Å²) in [5, 5.41) is 1.87. The normalized spacial score (nSPS) is 26.0. The van der Waals surface area contributed by atoms with Crippen molar-refractivity contribution in [2.24, 2.45) is 5.41 Å². The molecule has 3 atom stereocenters. The first-order chi connectivity index (χ1) is 13.8. The van der Waals surface area contributed by atoms with E-state index in [1.807, 2.05) is 68.1 Å². The number of anilines is 1. The summed E-state index contributed by atoms with van der Waals surface area (Å²) in [5.41, 5.74) is 0.516. The lowest BCUT2D eigenvalue weighted by molar-refractivity contribution is -0.137. The van der Waals surface area contributed by atoms with Crippen molar-refractivity contribution in [3.05, 3.63) is 42.5 Å². The van der Waals surface area contributed by atoms with Gasteiger partial charge in [-0.25, -0.2) is 9.69 Å². The first-order valence-electron chi connectivity index (χ1n) is 10.2. The van der Waals surface area contributed by atoms with Gasteiger partial charge in [0.2, 0.25) is 5.91 Å². The number of carbonyl (C=O) groups is 3. The van der Waals surface area contributed by atoms with Crippen LogP contribution in [0.25, 0.3) is 10.8 Å². The predicted octanol–water partition coefficient (Wildman–Crippen LogP) is 3.40. The molecule has 3 saturated heterocycles. The van der Waals surface area contributed by atoms with Gasteiger partial charge in [-0.05, 0) is 23.3 Å². The van der Waals surface area contributed by atoms with Crippen LogP contribution in [0.3, 0.4) is 0 Å². The molecule has 0 spiro atoms. The number of hydrogen-bond donors (Lipinski definition) is 0. The molecule has 2 unspecified atom stereocenters. The van der Waals surface area contributed by atoms with Gasteiger partial charge in [0.15, 0.2) is 0 Å². The molecule has 3 aliphatic heterocycles. The largest absolute Gasteiger partial charge is 0.335 e. The summed E-state index contributed by atoms with van der Waals surface area (Å²) in [4.78, 5) is 44.4. The molecule has 150 valence electrons. The number of nitrogens with zero attached hydrogens (tertiary/aromatic N) is 3. The van der Waals surface area contributed by atoms with Crippen LogP contribution in [0.5, 0.6) is 0 Å². The van der Waals surface area contributed by atoms with Crippen molar-refractivity contribution >= 4 is 34.3 Å². The zero-order chi connectivity index (χ0) is 20.5. The molecular weight excluding hydrogens is 366 g/mol. The number of benzene rings is 2. The van der Waals surface area contributed by atoms with E-state index in [9.17, 15) is 14.4 Å². The second kappa shape index (κ2) is 6.05. The highest BCUT2D eigenvalue weighted by Crippen LogP contribution is 2.44. The van der Waals surface area contributed by atoms with E-state index in [1.165, 1.54) is 4.90 Å². The van der Waals surface area contributed by atoms with Crippen LogP contribution in [-0.2, 0) is 9.59 Å². The molecule has 0 N–H and O–H groups in total. The zero-order valence-electron chi connectivity index (χ0n) is 17.0. The van der Waals surface area contributed by atoms with Gasteiger partial charge in [-0.1, -0.05) is 57.2 Å². The van der Waals surface area contributed by atoms with Gasteiger partial charge in [0.1, 0.15) is 6.04 Å². The van der Waals surface area contributed by atoms with E-state index in [2.05, 4.69) is 0 Å². The number of hydrogen-bond acceptors (Lipinski definition) is 3. The molecule has 0 aromatic heterocycles. The average molecular weight is 391 g/mol. The molecule has 6 heteroatoms. The lowest BCUT2D eigenvalue weighted by Gasteiger charge is -2.36. The van der Waals surface area contributed by atoms with Gasteiger partial charge in [0, 0.05) is 18.4 Å². The van der Waals surface area contributed by atoms with Gasteiger partial charge in [0.05, 0.1) is 17.8 Å². The SMILES string of the molecule is CC(C)(C)CC(=O)N1CC2CC1[C@H]1C(=O)N(c3cccc4ccccc34)C(=O)N21. The molecular formula is C23H25N3O3. The maximum Gasteiger partial charge on any atom is 0.332 e. The Morgan fingerprint density at radius 1 is 1.07 bits per heavy atom. The Morgan fingerprint density at radius 3 is 2.55 bits per heavy atom.